The van der Waals surface area contributed by atoms with Crippen LogP contribution in [-0.2, 0) is 10.0 Å². The van der Waals surface area contributed by atoms with Gasteiger partial charge in [0.1, 0.15) is 0 Å². The minimum atomic E-state index is -3.31. The number of hydrogen-bond acceptors (Lipinski definition) is 6. The summed E-state index contributed by atoms with van der Waals surface area (Å²) >= 11 is 0. The van der Waals surface area contributed by atoms with Crippen molar-refractivity contribution in [3.8, 4) is 0 Å². The highest BCUT2D eigenvalue weighted by Gasteiger charge is 2.11. The number of non-ortho nitro benzene ring substituents is 1. The third-order valence-electron chi connectivity index (χ3n) is 2.57. The lowest BCUT2D eigenvalue weighted by molar-refractivity contribution is -0.384. The maximum atomic E-state index is 11.5. The zero-order valence-electron chi connectivity index (χ0n) is 12.0. The fraction of sp³-hybridized carbons (Fsp3) is 0.500. The van der Waals surface area contributed by atoms with Gasteiger partial charge in [-0.1, -0.05) is 6.92 Å². The zero-order chi connectivity index (χ0) is 15.9. The van der Waals surface area contributed by atoms with Crippen LogP contribution in [0, 0.1) is 10.1 Å². The van der Waals surface area contributed by atoms with E-state index in [1.54, 1.807) is 13.0 Å². The second-order valence-electron chi connectivity index (χ2n) is 4.30. The van der Waals surface area contributed by atoms with Gasteiger partial charge in [0, 0.05) is 43.1 Å². The Balaban J connectivity index is 2.76. The van der Waals surface area contributed by atoms with Crippen LogP contribution in [0.15, 0.2) is 18.2 Å². The summed E-state index contributed by atoms with van der Waals surface area (Å²) in [4.78, 5) is 10.4. The minimum absolute atomic E-state index is 0.0505. The van der Waals surface area contributed by atoms with Crippen molar-refractivity contribution < 1.29 is 13.3 Å². The molecule has 8 nitrogen and oxygen atoms in total. The topological polar surface area (TPSA) is 113 Å². The summed E-state index contributed by atoms with van der Waals surface area (Å²) in [6.07, 6.45) is 0. The summed E-state index contributed by atoms with van der Waals surface area (Å²) in [7, 11) is -3.31. The van der Waals surface area contributed by atoms with Gasteiger partial charge in [0.25, 0.3) is 5.69 Å². The van der Waals surface area contributed by atoms with E-state index in [1.165, 1.54) is 12.1 Å². The number of nitro groups is 1. The zero-order valence-corrected chi connectivity index (χ0v) is 12.9. The molecule has 0 aromatic heterocycles. The molecule has 0 spiro atoms. The quantitative estimate of drug-likeness (QED) is 0.468. The van der Waals surface area contributed by atoms with Crippen molar-refractivity contribution in [1.29, 1.82) is 0 Å². The van der Waals surface area contributed by atoms with Crippen LogP contribution in [0.5, 0.6) is 0 Å². The number of nitro benzene ring substituents is 1. The Morgan fingerprint density at radius 3 is 2.24 bits per heavy atom. The van der Waals surface area contributed by atoms with E-state index in [4.69, 9.17) is 0 Å². The first-order valence-electron chi connectivity index (χ1n) is 6.62. The van der Waals surface area contributed by atoms with Crippen molar-refractivity contribution in [2.45, 2.75) is 13.8 Å². The second-order valence-corrected chi connectivity index (χ2v) is 6.23. The molecule has 0 heterocycles. The fourth-order valence-electron chi connectivity index (χ4n) is 1.75. The van der Waals surface area contributed by atoms with Gasteiger partial charge in [0.2, 0.25) is 10.0 Å². The molecule has 0 amide bonds. The summed E-state index contributed by atoms with van der Waals surface area (Å²) in [6.45, 7) is 4.73. The molecule has 0 radical (unpaired) electrons. The van der Waals surface area contributed by atoms with Gasteiger partial charge in [-0.15, -0.1) is 0 Å². The van der Waals surface area contributed by atoms with Gasteiger partial charge in [-0.2, -0.15) is 0 Å². The number of nitrogens with zero attached hydrogens (tertiary/aromatic N) is 1. The van der Waals surface area contributed by atoms with Crippen LogP contribution in [-0.4, -0.2) is 38.7 Å². The van der Waals surface area contributed by atoms with E-state index >= 15 is 0 Å². The van der Waals surface area contributed by atoms with Gasteiger partial charge in [-0.05, 0) is 13.0 Å². The van der Waals surface area contributed by atoms with Crippen LogP contribution in [0.3, 0.4) is 0 Å². The molecule has 0 aliphatic carbocycles. The molecule has 0 aliphatic rings. The fourth-order valence-corrected chi connectivity index (χ4v) is 2.70. The smallest absolute Gasteiger partial charge is 0.273 e. The molecule has 1 aromatic carbocycles. The Kier molecular flexibility index (Phi) is 6.38. The van der Waals surface area contributed by atoms with Crippen LogP contribution in [0.2, 0.25) is 0 Å². The van der Waals surface area contributed by atoms with Gasteiger partial charge in [-0.3, -0.25) is 10.1 Å². The lowest BCUT2D eigenvalue weighted by Gasteiger charge is -2.10. The summed E-state index contributed by atoms with van der Waals surface area (Å²) in [5.74, 6) is -0.0972. The first-order valence-corrected chi connectivity index (χ1v) is 8.27. The van der Waals surface area contributed by atoms with Crippen molar-refractivity contribution in [3.05, 3.63) is 28.3 Å². The van der Waals surface area contributed by atoms with E-state index in [0.29, 0.717) is 24.5 Å². The second kappa shape index (κ2) is 7.79. The average molecular weight is 316 g/mol. The molecule has 0 bridgehead atoms. The van der Waals surface area contributed by atoms with Gasteiger partial charge < -0.3 is 10.6 Å². The Morgan fingerprint density at radius 2 is 1.71 bits per heavy atom. The van der Waals surface area contributed by atoms with E-state index in [9.17, 15) is 18.5 Å². The van der Waals surface area contributed by atoms with Gasteiger partial charge in [0.05, 0.1) is 10.7 Å². The van der Waals surface area contributed by atoms with Crippen molar-refractivity contribution in [2.24, 2.45) is 0 Å². The maximum absolute atomic E-state index is 11.5. The summed E-state index contributed by atoms with van der Waals surface area (Å²) < 4.78 is 25.4. The number of nitrogens with one attached hydrogen (secondary N) is 3. The first-order chi connectivity index (χ1) is 9.88. The Hall–Kier alpha value is -1.87. The Bertz CT molecular complexity index is 589. The third kappa shape index (κ3) is 5.96. The van der Waals surface area contributed by atoms with Crippen molar-refractivity contribution in [1.82, 2.24) is 4.72 Å². The lowest BCUT2D eigenvalue weighted by Crippen LogP contribution is -2.29. The SMILES string of the molecule is CCNc1cc(NCCS(=O)(=O)NCC)cc([N+](=O)[O-])c1. The Labute approximate surface area is 124 Å². The summed E-state index contributed by atoms with van der Waals surface area (Å²) in [6, 6.07) is 4.52. The molecular formula is C12H20N4O4S. The van der Waals surface area contributed by atoms with E-state index in [-0.39, 0.29) is 18.0 Å². The summed E-state index contributed by atoms with van der Waals surface area (Å²) in [5, 5.41) is 16.8. The van der Waals surface area contributed by atoms with Crippen LogP contribution in [0.25, 0.3) is 0 Å². The molecular weight excluding hydrogens is 296 g/mol. The van der Waals surface area contributed by atoms with Crippen molar-refractivity contribution >= 4 is 27.1 Å². The predicted molar refractivity (Wildman–Crippen MR) is 83.2 cm³/mol. The normalized spacial score (nSPS) is 11.1. The monoisotopic (exact) mass is 316 g/mol. The molecule has 1 rings (SSSR count). The number of anilines is 2. The highest BCUT2D eigenvalue weighted by atomic mass is 32.2. The van der Waals surface area contributed by atoms with Crippen LogP contribution >= 0.6 is 0 Å². The average Bonchev–Trinajstić information content (AvgIpc) is 2.38. The molecule has 118 valence electrons. The van der Waals surface area contributed by atoms with Crippen LogP contribution in [0.4, 0.5) is 17.1 Å². The largest absolute Gasteiger partial charge is 0.385 e. The standard InChI is InChI=1S/C12H20N4O4S/c1-3-13-10-7-11(9-12(8-10)16(17)18)14-5-6-21(19,20)15-4-2/h7-9,13-15H,3-6H2,1-2H3. The van der Waals surface area contributed by atoms with E-state index in [0.717, 1.165) is 0 Å². The van der Waals surface area contributed by atoms with E-state index in [2.05, 4.69) is 15.4 Å². The van der Waals surface area contributed by atoms with Crippen LogP contribution < -0.4 is 15.4 Å². The van der Waals surface area contributed by atoms with Gasteiger partial charge in [-0.25, -0.2) is 13.1 Å². The van der Waals surface area contributed by atoms with Crippen LogP contribution in [0.1, 0.15) is 13.8 Å². The lowest BCUT2D eigenvalue weighted by atomic mass is 10.2. The molecule has 0 unspecified atom stereocenters. The molecule has 1 aromatic rings. The molecule has 0 fully saturated rings. The molecule has 0 saturated carbocycles. The number of sulfonamides is 1. The van der Waals surface area contributed by atoms with E-state index < -0.39 is 14.9 Å². The Morgan fingerprint density at radius 1 is 1.10 bits per heavy atom. The molecule has 0 atom stereocenters. The number of benzene rings is 1. The molecule has 21 heavy (non-hydrogen) atoms. The molecule has 3 N–H and O–H groups in total. The minimum Gasteiger partial charge on any atom is -0.385 e. The highest BCUT2D eigenvalue weighted by molar-refractivity contribution is 7.89. The van der Waals surface area contributed by atoms with Gasteiger partial charge in [0.15, 0.2) is 0 Å². The van der Waals surface area contributed by atoms with Crippen molar-refractivity contribution in [2.75, 3.05) is 36.0 Å². The summed E-state index contributed by atoms with van der Waals surface area (Å²) in [5.41, 5.74) is 1.07. The van der Waals surface area contributed by atoms with E-state index in [1.807, 2.05) is 6.92 Å². The molecule has 0 aliphatic heterocycles. The molecule has 9 heteroatoms. The number of hydrogen-bond donors (Lipinski definition) is 3. The van der Waals surface area contributed by atoms with Crippen molar-refractivity contribution in [3.63, 3.8) is 0 Å². The highest BCUT2D eigenvalue weighted by Crippen LogP contribution is 2.24. The number of rotatable bonds is 9. The first kappa shape index (κ1) is 17.2. The molecule has 0 saturated heterocycles. The third-order valence-corrected chi connectivity index (χ3v) is 4.04. The maximum Gasteiger partial charge on any atom is 0.273 e. The predicted octanol–water partition coefficient (Wildman–Crippen LogP) is 1.38. The van der Waals surface area contributed by atoms with Gasteiger partial charge >= 0.3 is 0 Å².